The molecule has 1 amide bonds. The Labute approximate surface area is 186 Å². The van der Waals surface area contributed by atoms with Crippen molar-refractivity contribution in [3.8, 4) is 5.75 Å². The Hall–Kier alpha value is -1.80. The zero-order chi connectivity index (χ0) is 21.3. The SMILES string of the molecule is O=C(COc1cccc(Cl)c1Cl)N1CCCc2cc(S(=O)(=O)N3CCCC3)ccc21. The van der Waals surface area contributed by atoms with Gasteiger partial charge in [-0.25, -0.2) is 8.42 Å². The Balaban J connectivity index is 1.52. The number of hydrogen-bond donors (Lipinski definition) is 0. The number of nitrogens with zero attached hydrogens (tertiary/aromatic N) is 2. The highest BCUT2D eigenvalue weighted by Crippen LogP contribution is 2.33. The third kappa shape index (κ3) is 4.17. The summed E-state index contributed by atoms with van der Waals surface area (Å²) in [5, 5.41) is 0.624. The molecule has 9 heteroatoms. The first kappa shape index (κ1) is 21.4. The van der Waals surface area contributed by atoms with E-state index in [1.165, 1.54) is 4.31 Å². The summed E-state index contributed by atoms with van der Waals surface area (Å²) in [7, 11) is -3.49. The molecule has 0 atom stereocenters. The van der Waals surface area contributed by atoms with Crippen molar-refractivity contribution < 1.29 is 17.9 Å². The van der Waals surface area contributed by atoms with Crippen LogP contribution in [0.15, 0.2) is 41.3 Å². The Bertz CT molecular complexity index is 1070. The number of carbonyl (C=O) groups excluding carboxylic acids is 1. The number of sulfonamides is 1. The fourth-order valence-corrected chi connectivity index (χ4v) is 5.80. The maximum atomic E-state index is 12.9. The average molecular weight is 469 g/mol. The van der Waals surface area contributed by atoms with E-state index in [0.29, 0.717) is 35.3 Å². The topological polar surface area (TPSA) is 66.9 Å². The van der Waals surface area contributed by atoms with Crippen molar-refractivity contribution in [1.29, 1.82) is 0 Å². The summed E-state index contributed by atoms with van der Waals surface area (Å²) in [6, 6.07) is 10.0. The van der Waals surface area contributed by atoms with Crippen LogP contribution in [0.3, 0.4) is 0 Å². The predicted octanol–water partition coefficient (Wildman–Crippen LogP) is 4.14. The third-order valence-electron chi connectivity index (χ3n) is 5.44. The fourth-order valence-electron chi connectivity index (χ4n) is 3.88. The Morgan fingerprint density at radius 2 is 1.80 bits per heavy atom. The molecule has 0 N–H and O–H groups in total. The summed E-state index contributed by atoms with van der Waals surface area (Å²) in [6.07, 6.45) is 3.26. The molecule has 0 radical (unpaired) electrons. The van der Waals surface area contributed by atoms with Gasteiger partial charge in [0.1, 0.15) is 10.8 Å². The minimum atomic E-state index is -3.49. The number of ether oxygens (including phenoxy) is 1. The smallest absolute Gasteiger partial charge is 0.264 e. The molecule has 0 saturated carbocycles. The largest absolute Gasteiger partial charge is 0.482 e. The van der Waals surface area contributed by atoms with Gasteiger partial charge in [0.05, 0.1) is 9.92 Å². The highest BCUT2D eigenvalue weighted by atomic mass is 35.5. The van der Waals surface area contributed by atoms with Gasteiger partial charge < -0.3 is 9.64 Å². The molecule has 0 aliphatic carbocycles. The van der Waals surface area contributed by atoms with Gasteiger partial charge in [0, 0.05) is 25.3 Å². The van der Waals surface area contributed by atoms with E-state index in [0.717, 1.165) is 36.9 Å². The van der Waals surface area contributed by atoms with Gasteiger partial charge >= 0.3 is 0 Å². The van der Waals surface area contributed by atoms with E-state index in [4.69, 9.17) is 27.9 Å². The molecule has 2 aliphatic rings. The fraction of sp³-hybridized carbons (Fsp3) is 0.381. The lowest BCUT2D eigenvalue weighted by Crippen LogP contribution is -2.38. The van der Waals surface area contributed by atoms with Crippen molar-refractivity contribution in [2.45, 2.75) is 30.6 Å². The van der Waals surface area contributed by atoms with Gasteiger partial charge in [0.2, 0.25) is 10.0 Å². The quantitative estimate of drug-likeness (QED) is 0.661. The minimum absolute atomic E-state index is 0.187. The number of benzene rings is 2. The second kappa shape index (κ2) is 8.75. The van der Waals surface area contributed by atoms with Gasteiger partial charge in [0.15, 0.2) is 6.61 Å². The molecule has 6 nitrogen and oxygen atoms in total. The van der Waals surface area contributed by atoms with E-state index < -0.39 is 10.0 Å². The van der Waals surface area contributed by atoms with Crippen LogP contribution in [0.5, 0.6) is 5.75 Å². The number of amides is 1. The monoisotopic (exact) mass is 468 g/mol. The summed E-state index contributed by atoms with van der Waals surface area (Å²) < 4.78 is 32.8. The molecule has 0 bridgehead atoms. The Morgan fingerprint density at radius 3 is 2.57 bits per heavy atom. The maximum absolute atomic E-state index is 12.9. The number of halogens is 2. The van der Waals surface area contributed by atoms with Crippen LogP contribution in [0, 0.1) is 0 Å². The van der Waals surface area contributed by atoms with Crippen LogP contribution in [-0.2, 0) is 21.2 Å². The minimum Gasteiger partial charge on any atom is -0.482 e. The first-order chi connectivity index (χ1) is 14.4. The van der Waals surface area contributed by atoms with Crippen molar-refractivity contribution in [1.82, 2.24) is 4.31 Å². The van der Waals surface area contributed by atoms with Crippen molar-refractivity contribution in [2.24, 2.45) is 0 Å². The van der Waals surface area contributed by atoms with Crippen LogP contribution >= 0.6 is 23.2 Å². The number of aryl methyl sites for hydroxylation is 1. The average Bonchev–Trinajstić information content (AvgIpc) is 3.29. The van der Waals surface area contributed by atoms with E-state index in [2.05, 4.69) is 0 Å². The third-order valence-corrected chi connectivity index (χ3v) is 8.14. The van der Waals surface area contributed by atoms with Gasteiger partial charge in [-0.15, -0.1) is 0 Å². The zero-order valence-corrected chi connectivity index (χ0v) is 18.6. The highest BCUT2D eigenvalue weighted by Gasteiger charge is 2.30. The van der Waals surface area contributed by atoms with E-state index in [-0.39, 0.29) is 17.5 Å². The van der Waals surface area contributed by atoms with Crippen LogP contribution in [-0.4, -0.2) is 44.9 Å². The standard InChI is InChI=1S/C21H22Cl2N2O4S/c22-17-6-3-7-19(21(17)23)29-14-20(26)25-12-4-5-15-13-16(8-9-18(15)25)30(27,28)24-10-1-2-11-24/h3,6-9,13H,1-2,4-5,10-12,14H2. The molecule has 2 heterocycles. The number of anilines is 1. The molecule has 2 aromatic carbocycles. The summed E-state index contributed by atoms with van der Waals surface area (Å²) in [4.78, 5) is 14.8. The van der Waals surface area contributed by atoms with Gasteiger partial charge in [-0.05, 0) is 61.6 Å². The van der Waals surface area contributed by atoms with Crippen LogP contribution in [0.1, 0.15) is 24.8 Å². The summed E-state index contributed by atoms with van der Waals surface area (Å²) in [5.41, 5.74) is 1.59. The molecule has 1 fully saturated rings. The van der Waals surface area contributed by atoms with Crippen molar-refractivity contribution in [3.05, 3.63) is 52.0 Å². The van der Waals surface area contributed by atoms with Gasteiger partial charge in [-0.2, -0.15) is 4.31 Å². The molecule has 0 unspecified atom stereocenters. The summed E-state index contributed by atoms with van der Waals surface area (Å²) >= 11 is 12.1. The summed E-state index contributed by atoms with van der Waals surface area (Å²) in [5.74, 6) is 0.129. The number of hydrogen-bond acceptors (Lipinski definition) is 4. The Kier molecular flexibility index (Phi) is 6.25. The molecule has 0 spiro atoms. The second-order valence-electron chi connectivity index (χ2n) is 7.39. The molecule has 160 valence electrons. The van der Waals surface area contributed by atoms with Crippen LogP contribution in [0.25, 0.3) is 0 Å². The summed E-state index contributed by atoms with van der Waals surface area (Å²) in [6.45, 7) is 1.49. The predicted molar refractivity (Wildman–Crippen MR) is 117 cm³/mol. The molecule has 1 saturated heterocycles. The Morgan fingerprint density at radius 1 is 1.03 bits per heavy atom. The molecule has 30 heavy (non-hydrogen) atoms. The van der Waals surface area contributed by atoms with Gasteiger partial charge in [-0.3, -0.25) is 4.79 Å². The number of fused-ring (bicyclic) bond motifs is 1. The van der Waals surface area contributed by atoms with Crippen molar-refractivity contribution in [3.63, 3.8) is 0 Å². The lowest BCUT2D eigenvalue weighted by Gasteiger charge is -2.30. The molecular formula is C21H22Cl2N2O4S. The molecule has 2 aromatic rings. The maximum Gasteiger partial charge on any atom is 0.264 e. The number of carbonyl (C=O) groups is 1. The normalized spacial score (nSPS) is 17.1. The molecular weight excluding hydrogens is 447 g/mol. The highest BCUT2D eigenvalue weighted by molar-refractivity contribution is 7.89. The van der Waals surface area contributed by atoms with E-state index >= 15 is 0 Å². The van der Waals surface area contributed by atoms with Crippen molar-refractivity contribution >= 4 is 44.8 Å². The van der Waals surface area contributed by atoms with Crippen LogP contribution < -0.4 is 9.64 Å². The van der Waals surface area contributed by atoms with E-state index in [9.17, 15) is 13.2 Å². The van der Waals surface area contributed by atoms with Crippen molar-refractivity contribution in [2.75, 3.05) is 31.1 Å². The van der Waals surface area contributed by atoms with Gasteiger partial charge in [-0.1, -0.05) is 29.3 Å². The number of rotatable bonds is 5. The lowest BCUT2D eigenvalue weighted by atomic mass is 10.0. The molecule has 4 rings (SSSR count). The lowest BCUT2D eigenvalue weighted by molar-refractivity contribution is -0.120. The molecule has 2 aliphatic heterocycles. The molecule has 0 aromatic heterocycles. The second-order valence-corrected chi connectivity index (χ2v) is 10.1. The van der Waals surface area contributed by atoms with Crippen LogP contribution in [0.2, 0.25) is 10.0 Å². The van der Waals surface area contributed by atoms with Gasteiger partial charge in [0.25, 0.3) is 5.91 Å². The van der Waals surface area contributed by atoms with Crippen LogP contribution in [0.4, 0.5) is 5.69 Å². The first-order valence-corrected chi connectivity index (χ1v) is 12.1. The van der Waals surface area contributed by atoms with E-state index in [1.54, 1.807) is 41.3 Å². The zero-order valence-electron chi connectivity index (χ0n) is 16.3. The van der Waals surface area contributed by atoms with E-state index in [1.807, 2.05) is 0 Å². The first-order valence-electron chi connectivity index (χ1n) is 9.88.